The molecule has 2 aliphatic heterocycles. The van der Waals surface area contributed by atoms with E-state index in [9.17, 15) is 9.90 Å². The molecule has 12 heavy (non-hydrogen) atoms. The van der Waals surface area contributed by atoms with Crippen molar-refractivity contribution in [1.82, 2.24) is 4.90 Å². The maximum absolute atomic E-state index is 10.5. The standard InChI is InChI=1S/C7H11NO4/c9-5-2-8(7(10)11)1-4(5)6-3-12-6/h4-6,9H,1-3H2,(H,10,11)/t4-,5+,6?/m1/s1. The van der Waals surface area contributed by atoms with Gasteiger partial charge in [0.15, 0.2) is 0 Å². The van der Waals surface area contributed by atoms with Crippen molar-refractivity contribution in [3.8, 4) is 0 Å². The van der Waals surface area contributed by atoms with E-state index < -0.39 is 12.2 Å². The number of nitrogens with zero attached hydrogens (tertiary/aromatic N) is 1. The molecule has 5 nitrogen and oxygen atoms in total. The lowest BCUT2D eigenvalue weighted by atomic mass is 10.0. The Labute approximate surface area is 69.5 Å². The molecule has 1 unspecified atom stereocenters. The fourth-order valence-corrected chi connectivity index (χ4v) is 1.64. The number of aliphatic hydroxyl groups excluding tert-OH is 1. The van der Waals surface area contributed by atoms with Gasteiger partial charge in [0.2, 0.25) is 0 Å². The van der Waals surface area contributed by atoms with Crippen LogP contribution in [0.15, 0.2) is 0 Å². The highest BCUT2D eigenvalue weighted by Crippen LogP contribution is 2.29. The Balaban J connectivity index is 1.96. The zero-order chi connectivity index (χ0) is 8.72. The van der Waals surface area contributed by atoms with Gasteiger partial charge in [-0.3, -0.25) is 0 Å². The van der Waals surface area contributed by atoms with Crippen molar-refractivity contribution in [3.05, 3.63) is 0 Å². The van der Waals surface area contributed by atoms with E-state index in [0.29, 0.717) is 13.2 Å². The van der Waals surface area contributed by atoms with Crippen LogP contribution in [0.5, 0.6) is 0 Å². The average molecular weight is 173 g/mol. The van der Waals surface area contributed by atoms with Crippen LogP contribution in [-0.2, 0) is 4.74 Å². The second-order valence-electron chi connectivity index (χ2n) is 3.29. The van der Waals surface area contributed by atoms with Crippen LogP contribution in [0, 0.1) is 5.92 Å². The molecule has 0 spiro atoms. The zero-order valence-corrected chi connectivity index (χ0v) is 6.51. The SMILES string of the molecule is O=C(O)N1C[C@H](O)[C@H](C2CO2)C1. The number of rotatable bonds is 1. The molecule has 5 heteroatoms. The van der Waals surface area contributed by atoms with Crippen LogP contribution in [0.25, 0.3) is 0 Å². The van der Waals surface area contributed by atoms with Crippen LogP contribution in [0.4, 0.5) is 4.79 Å². The van der Waals surface area contributed by atoms with E-state index in [-0.39, 0.29) is 18.6 Å². The predicted molar refractivity (Wildman–Crippen MR) is 38.8 cm³/mol. The van der Waals surface area contributed by atoms with Gasteiger partial charge in [-0.1, -0.05) is 0 Å². The zero-order valence-electron chi connectivity index (χ0n) is 6.51. The fourth-order valence-electron chi connectivity index (χ4n) is 1.64. The van der Waals surface area contributed by atoms with Crippen LogP contribution in [-0.4, -0.2) is 53.1 Å². The number of epoxide rings is 1. The van der Waals surface area contributed by atoms with Gasteiger partial charge in [0, 0.05) is 12.5 Å². The van der Waals surface area contributed by atoms with Crippen LogP contribution < -0.4 is 0 Å². The van der Waals surface area contributed by atoms with Crippen LogP contribution in [0.3, 0.4) is 0 Å². The van der Waals surface area contributed by atoms with Crippen molar-refractivity contribution >= 4 is 6.09 Å². The summed E-state index contributed by atoms with van der Waals surface area (Å²) >= 11 is 0. The molecule has 2 rings (SSSR count). The van der Waals surface area contributed by atoms with Crippen molar-refractivity contribution in [3.63, 3.8) is 0 Å². The van der Waals surface area contributed by atoms with Gasteiger partial charge in [-0.05, 0) is 0 Å². The summed E-state index contributed by atoms with van der Waals surface area (Å²) in [7, 11) is 0. The van der Waals surface area contributed by atoms with Crippen molar-refractivity contribution in [1.29, 1.82) is 0 Å². The molecule has 0 aromatic carbocycles. The first kappa shape index (κ1) is 7.82. The monoisotopic (exact) mass is 173 g/mol. The van der Waals surface area contributed by atoms with E-state index in [1.165, 1.54) is 4.90 Å². The lowest BCUT2D eigenvalue weighted by molar-refractivity contribution is 0.122. The first-order valence-corrected chi connectivity index (χ1v) is 3.96. The minimum absolute atomic E-state index is 0.0129. The Morgan fingerprint density at radius 3 is 2.58 bits per heavy atom. The molecule has 1 amide bonds. The van der Waals surface area contributed by atoms with E-state index in [1.807, 2.05) is 0 Å². The van der Waals surface area contributed by atoms with Crippen molar-refractivity contribution in [2.75, 3.05) is 19.7 Å². The largest absolute Gasteiger partial charge is 0.465 e. The number of aliphatic hydroxyl groups is 1. The Bertz CT molecular complexity index is 204. The maximum Gasteiger partial charge on any atom is 0.407 e. The predicted octanol–water partition coefficient (Wildman–Crippen LogP) is -0.644. The van der Waals surface area contributed by atoms with Gasteiger partial charge in [-0.2, -0.15) is 0 Å². The molecule has 0 aromatic heterocycles. The van der Waals surface area contributed by atoms with Gasteiger partial charge < -0.3 is 19.8 Å². The maximum atomic E-state index is 10.5. The van der Waals surface area contributed by atoms with Crippen LogP contribution in [0.1, 0.15) is 0 Å². The van der Waals surface area contributed by atoms with Crippen LogP contribution >= 0.6 is 0 Å². The third-order valence-electron chi connectivity index (χ3n) is 2.44. The smallest absolute Gasteiger partial charge is 0.407 e. The molecule has 2 saturated heterocycles. The minimum Gasteiger partial charge on any atom is -0.465 e. The van der Waals surface area contributed by atoms with Crippen molar-refractivity contribution < 1.29 is 19.7 Å². The van der Waals surface area contributed by atoms with E-state index in [4.69, 9.17) is 9.84 Å². The lowest BCUT2D eigenvalue weighted by Crippen LogP contribution is -2.27. The number of carbonyl (C=O) groups is 1. The molecule has 0 radical (unpaired) electrons. The first-order valence-electron chi connectivity index (χ1n) is 3.96. The Morgan fingerprint density at radius 2 is 2.17 bits per heavy atom. The Morgan fingerprint density at radius 1 is 1.50 bits per heavy atom. The lowest BCUT2D eigenvalue weighted by Gasteiger charge is -2.09. The van der Waals surface area contributed by atoms with E-state index in [2.05, 4.69) is 0 Å². The molecular formula is C7H11NO4. The van der Waals surface area contributed by atoms with Crippen molar-refractivity contribution in [2.24, 2.45) is 5.92 Å². The van der Waals surface area contributed by atoms with Gasteiger partial charge in [0.05, 0.1) is 25.4 Å². The number of β-amino-alcohol motifs (C(OH)–C–C–N with tert-alkyl or cyclic N) is 1. The summed E-state index contributed by atoms with van der Waals surface area (Å²) in [6, 6.07) is 0. The summed E-state index contributed by atoms with van der Waals surface area (Å²) < 4.78 is 5.01. The highest BCUT2D eigenvalue weighted by atomic mass is 16.6. The molecule has 3 atom stereocenters. The molecule has 2 heterocycles. The third kappa shape index (κ3) is 1.25. The second-order valence-corrected chi connectivity index (χ2v) is 3.29. The van der Waals surface area contributed by atoms with E-state index in [1.54, 1.807) is 0 Å². The number of ether oxygens (including phenoxy) is 1. The summed E-state index contributed by atoms with van der Waals surface area (Å²) in [5.41, 5.74) is 0. The number of carboxylic acid groups (broad SMARTS) is 1. The summed E-state index contributed by atoms with van der Waals surface area (Å²) in [6.07, 6.45) is -1.42. The van der Waals surface area contributed by atoms with Gasteiger partial charge in [0.1, 0.15) is 0 Å². The molecule has 0 aromatic rings. The second kappa shape index (κ2) is 2.60. The molecular weight excluding hydrogens is 162 g/mol. The molecule has 2 fully saturated rings. The number of likely N-dealkylation sites (tertiary alicyclic amines) is 1. The van der Waals surface area contributed by atoms with E-state index >= 15 is 0 Å². The topological polar surface area (TPSA) is 73.3 Å². The number of hydrogen-bond acceptors (Lipinski definition) is 3. The third-order valence-corrected chi connectivity index (χ3v) is 2.44. The van der Waals surface area contributed by atoms with Crippen molar-refractivity contribution in [2.45, 2.75) is 12.2 Å². The quantitative estimate of drug-likeness (QED) is 0.517. The first-order chi connectivity index (χ1) is 5.68. The van der Waals surface area contributed by atoms with E-state index in [0.717, 1.165) is 0 Å². The molecule has 2 aliphatic rings. The molecule has 0 saturated carbocycles. The average Bonchev–Trinajstić information content (AvgIpc) is 2.75. The Kier molecular flexibility index (Phi) is 1.69. The number of hydrogen-bond donors (Lipinski definition) is 2. The summed E-state index contributed by atoms with van der Waals surface area (Å²) in [6.45, 7) is 1.29. The summed E-state index contributed by atoms with van der Waals surface area (Å²) in [5, 5.41) is 18.1. The van der Waals surface area contributed by atoms with Gasteiger partial charge in [-0.25, -0.2) is 4.79 Å². The van der Waals surface area contributed by atoms with Gasteiger partial charge >= 0.3 is 6.09 Å². The van der Waals surface area contributed by atoms with Crippen LogP contribution in [0.2, 0.25) is 0 Å². The number of amides is 1. The normalized spacial score (nSPS) is 40.1. The summed E-state index contributed by atoms with van der Waals surface area (Å²) in [5.74, 6) is -0.0129. The fraction of sp³-hybridized carbons (Fsp3) is 0.857. The van der Waals surface area contributed by atoms with Gasteiger partial charge in [0.25, 0.3) is 0 Å². The molecule has 0 aliphatic carbocycles. The molecule has 0 bridgehead atoms. The Hall–Kier alpha value is -0.810. The molecule has 68 valence electrons. The highest BCUT2D eigenvalue weighted by molar-refractivity contribution is 5.65. The summed E-state index contributed by atoms with van der Waals surface area (Å²) in [4.78, 5) is 11.7. The van der Waals surface area contributed by atoms with Gasteiger partial charge in [-0.15, -0.1) is 0 Å². The molecule has 2 N–H and O–H groups in total. The highest BCUT2D eigenvalue weighted by Gasteiger charge is 2.44. The minimum atomic E-state index is -0.961.